The minimum Gasteiger partial charge on any atom is -0.463 e. The summed E-state index contributed by atoms with van der Waals surface area (Å²) in [4.78, 5) is 46.0. The van der Waals surface area contributed by atoms with Crippen LogP contribution in [0.25, 0.3) is 0 Å². The van der Waals surface area contributed by atoms with E-state index in [4.69, 9.17) is 23.7 Å². The van der Waals surface area contributed by atoms with E-state index >= 15 is 0 Å². The minimum absolute atomic E-state index is 0.0755. The van der Waals surface area contributed by atoms with Crippen molar-refractivity contribution in [2.24, 2.45) is 0 Å². The van der Waals surface area contributed by atoms with Gasteiger partial charge in [-0.1, -0.05) is 6.08 Å². The zero-order valence-corrected chi connectivity index (χ0v) is 15.8. The Morgan fingerprint density at radius 2 is 1.59 bits per heavy atom. The predicted octanol–water partition coefficient (Wildman–Crippen LogP) is -0.155. The number of amides is 1. The Hall–Kier alpha value is -2.46. The van der Waals surface area contributed by atoms with Crippen LogP contribution in [0.5, 0.6) is 0 Å². The standard InChI is InChI=1S/C17H25NO9/c1-6-7-23-17-14(18-9(2)19)16(26-12(5)22)15(25-11(4)21)13(27-17)8-24-10(3)20/h6,13-17H,1,7-8H2,2-5H3,(H,18,19)/t13-,14-,15+,16-,17-/m1/s1. The second-order valence-corrected chi connectivity index (χ2v) is 5.84. The third-order valence-electron chi connectivity index (χ3n) is 3.45. The summed E-state index contributed by atoms with van der Waals surface area (Å²) in [6, 6.07) is -0.968. The van der Waals surface area contributed by atoms with Gasteiger partial charge in [0.1, 0.15) is 18.8 Å². The van der Waals surface area contributed by atoms with E-state index in [1.165, 1.54) is 33.8 Å². The van der Waals surface area contributed by atoms with Gasteiger partial charge in [-0.15, -0.1) is 6.58 Å². The first-order valence-electron chi connectivity index (χ1n) is 8.28. The largest absolute Gasteiger partial charge is 0.463 e. The van der Waals surface area contributed by atoms with Crippen LogP contribution in [0, 0.1) is 0 Å². The maximum Gasteiger partial charge on any atom is 0.303 e. The van der Waals surface area contributed by atoms with Crippen molar-refractivity contribution in [3.8, 4) is 0 Å². The molecule has 1 saturated heterocycles. The summed E-state index contributed by atoms with van der Waals surface area (Å²) in [7, 11) is 0. The molecule has 1 aliphatic rings. The molecule has 10 heteroatoms. The average Bonchev–Trinajstić information content (AvgIpc) is 2.54. The van der Waals surface area contributed by atoms with E-state index in [9.17, 15) is 19.2 Å². The van der Waals surface area contributed by atoms with Crippen LogP contribution in [0.1, 0.15) is 27.7 Å². The molecule has 5 atom stereocenters. The van der Waals surface area contributed by atoms with Crippen molar-refractivity contribution in [3.63, 3.8) is 0 Å². The van der Waals surface area contributed by atoms with Gasteiger partial charge in [-0.2, -0.15) is 0 Å². The molecule has 1 aliphatic heterocycles. The van der Waals surface area contributed by atoms with Gasteiger partial charge in [0.05, 0.1) is 6.61 Å². The molecule has 27 heavy (non-hydrogen) atoms. The van der Waals surface area contributed by atoms with Crippen LogP contribution in [-0.2, 0) is 42.9 Å². The summed E-state index contributed by atoms with van der Waals surface area (Å²) in [6.07, 6.45) is -2.84. The molecule has 1 heterocycles. The van der Waals surface area contributed by atoms with E-state index in [0.717, 1.165) is 0 Å². The first-order chi connectivity index (χ1) is 12.6. The molecular weight excluding hydrogens is 362 g/mol. The van der Waals surface area contributed by atoms with Crippen molar-refractivity contribution in [2.75, 3.05) is 13.2 Å². The monoisotopic (exact) mass is 387 g/mol. The number of carbonyl (C=O) groups excluding carboxylic acids is 4. The zero-order valence-electron chi connectivity index (χ0n) is 15.8. The Bertz CT molecular complexity index is 577. The fourth-order valence-corrected chi connectivity index (χ4v) is 2.60. The number of esters is 3. The molecule has 1 N–H and O–H groups in total. The van der Waals surface area contributed by atoms with E-state index in [-0.39, 0.29) is 13.2 Å². The molecule has 0 radical (unpaired) electrons. The zero-order chi connectivity index (χ0) is 20.6. The van der Waals surface area contributed by atoms with E-state index < -0.39 is 54.5 Å². The lowest BCUT2D eigenvalue weighted by Gasteiger charge is -2.44. The highest BCUT2D eigenvalue weighted by Gasteiger charge is 2.51. The lowest BCUT2D eigenvalue weighted by molar-refractivity contribution is -0.275. The Morgan fingerprint density at radius 3 is 2.07 bits per heavy atom. The van der Waals surface area contributed by atoms with Crippen molar-refractivity contribution >= 4 is 23.8 Å². The van der Waals surface area contributed by atoms with Crippen LogP contribution in [0.2, 0.25) is 0 Å². The van der Waals surface area contributed by atoms with Gasteiger partial charge < -0.3 is 29.0 Å². The van der Waals surface area contributed by atoms with Gasteiger partial charge in [-0.25, -0.2) is 0 Å². The molecule has 0 unspecified atom stereocenters. The fraction of sp³-hybridized carbons (Fsp3) is 0.647. The molecule has 0 aromatic heterocycles. The van der Waals surface area contributed by atoms with Crippen molar-refractivity contribution < 1.29 is 42.9 Å². The van der Waals surface area contributed by atoms with Gasteiger partial charge in [-0.05, 0) is 0 Å². The normalized spacial score (nSPS) is 27.2. The molecule has 0 spiro atoms. The third-order valence-corrected chi connectivity index (χ3v) is 3.45. The number of hydrogen-bond donors (Lipinski definition) is 1. The van der Waals surface area contributed by atoms with E-state index in [2.05, 4.69) is 11.9 Å². The summed E-state index contributed by atoms with van der Waals surface area (Å²) in [5, 5.41) is 2.59. The molecule has 1 fully saturated rings. The SMILES string of the molecule is C=CCO[C@@H]1O[C@H](COC(C)=O)[C@H](OC(C)=O)[C@H](OC(C)=O)[C@H]1NC(C)=O. The molecule has 152 valence electrons. The van der Waals surface area contributed by atoms with Crippen LogP contribution in [0.4, 0.5) is 0 Å². The van der Waals surface area contributed by atoms with Crippen molar-refractivity contribution in [1.29, 1.82) is 0 Å². The summed E-state index contributed by atoms with van der Waals surface area (Å²) < 4.78 is 26.8. The number of ether oxygens (including phenoxy) is 5. The lowest BCUT2D eigenvalue weighted by atomic mass is 9.96. The fourth-order valence-electron chi connectivity index (χ4n) is 2.60. The maximum absolute atomic E-state index is 11.6. The highest BCUT2D eigenvalue weighted by Crippen LogP contribution is 2.27. The Morgan fingerprint density at radius 1 is 1.00 bits per heavy atom. The number of carbonyl (C=O) groups is 4. The molecule has 0 saturated carbocycles. The average molecular weight is 387 g/mol. The summed E-state index contributed by atoms with van der Waals surface area (Å²) in [6.45, 7) is 8.16. The molecule has 10 nitrogen and oxygen atoms in total. The van der Waals surface area contributed by atoms with Crippen LogP contribution in [-0.4, -0.2) is 67.7 Å². The van der Waals surface area contributed by atoms with Crippen LogP contribution < -0.4 is 5.32 Å². The van der Waals surface area contributed by atoms with Gasteiger partial charge in [0.2, 0.25) is 5.91 Å². The summed E-state index contributed by atoms with van der Waals surface area (Å²) in [5.74, 6) is -2.34. The Kier molecular flexibility index (Phi) is 8.89. The highest BCUT2D eigenvalue weighted by atomic mass is 16.7. The maximum atomic E-state index is 11.6. The Labute approximate surface area is 157 Å². The number of hydrogen-bond acceptors (Lipinski definition) is 9. The molecule has 1 amide bonds. The van der Waals surface area contributed by atoms with Crippen LogP contribution in [0.3, 0.4) is 0 Å². The number of nitrogens with one attached hydrogen (secondary N) is 1. The van der Waals surface area contributed by atoms with Gasteiger partial charge in [0.25, 0.3) is 0 Å². The van der Waals surface area contributed by atoms with Gasteiger partial charge >= 0.3 is 17.9 Å². The quantitative estimate of drug-likeness (QED) is 0.343. The van der Waals surface area contributed by atoms with Gasteiger partial charge in [-0.3, -0.25) is 19.2 Å². The molecule has 0 aromatic carbocycles. The van der Waals surface area contributed by atoms with Crippen LogP contribution in [0.15, 0.2) is 12.7 Å². The van der Waals surface area contributed by atoms with Gasteiger partial charge in [0, 0.05) is 27.7 Å². The second-order valence-electron chi connectivity index (χ2n) is 5.84. The molecule has 0 aromatic rings. The lowest BCUT2D eigenvalue weighted by Crippen LogP contribution is -2.66. The molecular formula is C17H25NO9. The van der Waals surface area contributed by atoms with E-state index in [1.54, 1.807) is 0 Å². The minimum atomic E-state index is -1.13. The topological polar surface area (TPSA) is 126 Å². The van der Waals surface area contributed by atoms with Crippen molar-refractivity contribution in [1.82, 2.24) is 5.32 Å². The van der Waals surface area contributed by atoms with Crippen molar-refractivity contribution in [3.05, 3.63) is 12.7 Å². The van der Waals surface area contributed by atoms with Gasteiger partial charge in [0.15, 0.2) is 18.5 Å². The van der Waals surface area contributed by atoms with E-state index in [0.29, 0.717) is 0 Å². The first-order valence-corrected chi connectivity index (χ1v) is 8.28. The second kappa shape index (κ2) is 10.6. The molecule has 0 bridgehead atoms. The predicted molar refractivity (Wildman–Crippen MR) is 90.2 cm³/mol. The smallest absolute Gasteiger partial charge is 0.303 e. The number of rotatable bonds is 8. The summed E-state index contributed by atoms with van der Waals surface area (Å²) in [5.41, 5.74) is 0. The van der Waals surface area contributed by atoms with E-state index in [1.807, 2.05) is 0 Å². The molecule has 0 aliphatic carbocycles. The first kappa shape index (κ1) is 22.6. The molecule has 1 rings (SSSR count). The third kappa shape index (κ3) is 7.35. The Balaban J connectivity index is 3.24. The highest BCUT2D eigenvalue weighted by molar-refractivity contribution is 5.73. The van der Waals surface area contributed by atoms with Crippen LogP contribution >= 0.6 is 0 Å². The summed E-state index contributed by atoms with van der Waals surface area (Å²) >= 11 is 0. The van der Waals surface area contributed by atoms with Crippen molar-refractivity contribution in [2.45, 2.75) is 58.3 Å².